The van der Waals surface area contributed by atoms with Gasteiger partial charge in [0.1, 0.15) is 0 Å². The van der Waals surface area contributed by atoms with Crippen LogP contribution in [0.4, 0.5) is 0 Å². The van der Waals surface area contributed by atoms with Gasteiger partial charge in [-0.1, -0.05) is 6.92 Å². The van der Waals surface area contributed by atoms with Gasteiger partial charge in [-0.15, -0.1) is 0 Å². The summed E-state index contributed by atoms with van der Waals surface area (Å²) in [4.78, 5) is 0. The third-order valence-electron chi connectivity index (χ3n) is 1.70. The summed E-state index contributed by atoms with van der Waals surface area (Å²) in [7, 11) is 0. The van der Waals surface area contributed by atoms with Crippen LogP contribution in [0.3, 0.4) is 0 Å². The molecule has 0 fully saturated rings. The highest BCUT2D eigenvalue weighted by molar-refractivity contribution is 4.85. The lowest BCUT2D eigenvalue weighted by atomic mass is 9.97. The van der Waals surface area contributed by atoms with Crippen LogP contribution >= 0.6 is 0 Å². The van der Waals surface area contributed by atoms with Crippen LogP contribution in [0.25, 0.3) is 0 Å². The predicted octanol–water partition coefficient (Wildman–Crippen LogP) is 1.96. The van der Waals surface area contributed by atoms with Gasteiger partial charge in [0, 0.05) is 11.8 Å². The van der Waals surface area contributed by atoms with E-state index in [1.54, 1.807) is 0 Å². The molecule has 0 aromatic heterocycles. The van der Waals surface area contributed by atoms with E-state index >= 15 is 0 Å². The van der Waals surface area contributed by atoms with E-state index in [0.29, 0.717) is 5.92 Å². The second kappa shape index (κ2) is 2.78. The van der Waals surface area contributed by atoms with E-state index in [-0.39, 0.29) is 12.1 Å². The first-order valence-electron chi connectivity index (χ1n) is 3.53. The van der Waals surface area contributed by atoms with Crippen molar-refractivity contribution in [2.24, 2.45) is 22.1 Å². The number of nitrogens with zero attached hydrogens (tertiary/aromatic N) is 3. The Hall–Kier alpha value is -0.910. The molecule has 0 bridgehead atoms. The molecule has 0 N–H and O–H groups in total. The lowest BCUT2D eigenvalue weighted by molar-refractivity contribution is 0.456. The standard InChI is InChI=1S/C7H11N3/c1-5(4-8)3-6(2)7-9-10-7/h5-7H,3H2,1-2H3. The molecule has 2 atom stereocenters. The van der Waals surface area contributed by atoms with E-state index < -0.39 is 0 Å². The van der Waals surface area contributed by atoms with Gasteiger partial charge in [0.05, 0.1) is 6.07 Å². The minimum atomic E-state index is 0.140. The maximum absolute atomic E-state index is 8.47. The topological polar surface area (TPSA) is 48.5 Å². The summed E-state index contributed by atoms with van der Waals surface area (Å²) in [5.74, 6) is 0.593. The fraction of sp³-hybridized carbons (Fsp3) is 0.857. The van der Waals surface area contributed by atoms with Crippen LogP contribution in [0.5, 0.6) is 0 Å². The highest BCUT2D eigenvalue weighted by atomic mass is 15.4. The summed E-state index contributed by atoms with van der Waals surface area (Å²) in [5.41, 5.74) is 0. The molecule has 0 saturated carbocycles. The van der Waals surface area contributed by atoms with Crippen molar-refractivity contribution in [3.05, 3.63) is 0 Å². The van der Waals surface area contributed by atoms with Gasteiger partial charge in [-0.05, 0) is 13.3 Å². The second-order valence-electron chi connectivity index (χ2n) is 2.89. The summed E-state index contributed by atoms with van der Waals surface area (Å²) in [6.45, 7) is 4.01. The van der Waals surface area contributed by atoms with Crippen LogP contribution in [0.15, 0.2) is 10.2 Å². The first-order valence-corrected chi connectivity index (χ1v) is 3.53. The zero-order valence-corrected chi connectivity index (χ0v) is 6.28. The Balaban J connectivity index is 2.18. The lowest BCUT2D eigenvalue weighted by Gasteiger charge is -2.06. The van der Waals surface area contributed by atoms with Crippen molar-refractivity contribution >= 4 is 0 Å². The summed E-state index contributed by atoms with van der Waals surface area (Å²) >= 11 is 0. The van der Waals surface area contributed by atoms with Crippen LogP contribution in [0.1, 0.15) is 20.3 Å². The molecule has 10 heavy (non-hydrogen) atoms. The van der Waals surface area contributed by atoms with Gasteiger partial charge < -0.3 is 0 Å². The quantitative estimate of drug-likeness (QED) is 0.586. The first-order chi connectivity index (χ1) is 4.74. The minimum Gasteiger partial charge on any atom is -0.198 e. The van der Waals surface area contributed by atoms with Gasteiger partial charge >= 0.3 is 0 Å². The van der Waals surface area contributed by atoms with Gasteiger partial charge in [0.15, 0.2) is 6.17 Å². The van der Waals surface area contributed by atoms with E-state index in [9.17, 15) is 0 Å². The van der Waals surface area contributed by atoms with E-state index in [4.69, 9.17) is 5.26 Å². The molecule has 3 heteroatoms. The fourth-order valence-corrected chi connectivity index (χ4v) is 0.998. The molecule has 0 saturated heterocycles. The van der Waals surface area contributed by atoms with Crippen molar-refractivity contribution in [1.82, 2.24) is 0 Å². The molecule has 0 aromatic carbocycles. The number of hydrogen-bond donors (Lipinski definition) is 0. The van der Waals surface area contributed by atoms with E-state index in [2.05, 4.69) is 23.2 Å². The third-order valence-corrected chi connectivity index (χ3v) is 1.70. The van der Waals surface area contributed by atoms with Gasteiger partial charge in [-0.25, -0.2) is 0 Å². The minimum absolute atomic E-state index is 0.140. The van der Waals surface area contributed by atoms with Gasteiger partial charge in [-0.3, -0.25) is 0 Å². The zero-order chi connectivity index (χ0) is 7.56. The molecule has 0 aliphatic carbocycles. The van der Waals surface area contributed by atoms with Crippen LogP contribution < -0.4 is 0 Å². The SMILES string of the molecule is CC(C#N)CC(C)C1N=N1. The summed E-state index contributed by atoms with van der Waals surface area (Å²) in [6.07, 6.45) is 1.12. The van der Waals surface area contributed by atoms with Crippen LogP contribution in [0.2, 0.25) is 0 Å². The normalized spacial score (nSPS) is 21.7. The Labute approximate surface area is 60.8 Å². The molecule has 54 valence electrons. The molecule has 1 aliphatic rings. The van der Waals surface area contributed by atoms with Crippen LogP contribution in [-0.4, -0.2) is 6.17 Å². The average molecular weight is 137 g/mol. The number of hydrogen-bond acceptors (Lipinski definition) is 3. The maximum Gasteiger partial charge on any atom is 0.183 e. The molecule has 1 aliphatic heterocycles. The van der Waals surface area contributed by atoms with Crippen molar-refractivity contribution in [3.63, 3.8) is 0 Å². The molecular weight excluding hydrogens is 126 g/mol. The molecule has 1 heterocycles. The molecule has 2 unspecified atom stereocenters. The molecule has 0 radical (unpaired) electrons. The Morgan fingerprint density at radius 2 is 2.10 bits per heavy atom. The third kappa shape index (κ3) is 1.80. The highest BCUT2D eigenvalue weighted by Gasteiger charge is 2.25. The molecule has 0 aromatic rings. The van der Waals surface area contributed by atoms with Gasteiger partial charge in [-0.2, -0.15) is 15.5 Å². The zero-order valence-electron chi connectivity index (χ0n) is 6.28. The van der Waals surface area contributed by atoms with E-state index in [0.717, 1.165) is 6.42 Å². The van der Waals surface area contributed by atoms with Crippen LogP contribution in [-0.2, 0) is 0 Å². The second-order valence-corrected chi connectivity index (χ2v) is 2.89. The fourth-order valence-electron chi connectivity index (χ4n) is 0.998. The number of rotatable bonds is 3. The molecular formula is C7H11N3. The largest absolute Gasteiger partial charge is 0.198 e. The van der Waals surface area contributed by atoms with Crippen molar-refractivity contribution < 1.29 is 0 Å². The number of nitriles is 1. The molecule has 0 spiro atoms. The predicted molar refractivity (Wildman–Crippen MR) is 37.2 cm³/mol. The van der Waals surface area contributed by atoms with E-state index in [1.807, 2.05) is 6.92 Å². The Bertz CT molecular complexity index is 174. The summed E-state index contributed by atoms with van der Waals surface area (Å²) < 4.78 is 0. The molecule has 0 amide bonds. The van der Waals surface area contributed by atoms with E-state index in [1.165, 1.54) is 0 Å². The Kier molecular flexibility index (Phi) is 2.00. The van der Waals surface area contributed by atoms with Crippen molar-refractivity contribution in [3.8, 4) is 6.07 Å². The van der Waals surface area contributed by atoms with Crippen molar-refractivity contribution in [1.29, 1.82) is 5.26 Å². The maximum atomic E-state index is 8.47. The Morgan fingerprint density at radius 3 is 2.50 bits per heavy atom. The van der Waals surface area contributed by atoms with Gasteiger partial charge in [0.25, 0.3) is 0 Å². The molecule has 1 rings (SSSR count). The smallest absolute Gasteiger partial charge is 0.183 e. The summed E-state index contributed by atoms with van der Waals surface area (Å²) in [5, 5.41) is 16.1. The lowest BCUT2D eigenvalue weighted by Crippen LogP contribution is -2.07. The van der Waals surface area contributed by atoms with Crippen molar-refractivity contribution in [2.45, 2.75) is 26.4 Å². The average Bonchev–Trinajstić information content (AvgIpc) is 2.68. The van der Waals surface area contributed by atoms with Gasteiger partial charge in [0.2, 0.25) is 0 Å². The summed E-state index contributed by atoms with van der Waals surface area (Å²) in [6, 6.07) is 2.20. The molecule has 3 nitrogen and oxygen atoms in total. The monoisotopic (exact) mass is 137 g/mol. The van der Waals surface area contributed by atoms with Crippen molar-refractivity contribution in [2.75, 3.05) is 0 Å². The highest BCUT2D eigenvalue weighted by Crippen LogP contribution is 2.25. The first kappa shape index (κ1) is 7.20. The Morgan fingerprint density at radius 1 is 1.50 bits per heavy atom. The van der Waals surface area contributed by atoms with Crippen LogP contribution in [0, 0.1) is 23.2 Å².